The summed E-state index contributed by atoms with van der Waals surface area (Å²) in [7, 11) is 0. The number of carbonyl (C=O) groups is 1. The summed E-state index contributed by atoms with van der Waals surface area (Å²) in [5, 5.41) is 3.45. The maximum absolute atomic E-state index is 12.5. The summed E-state index contributed by atoms with van der Waals surface area (Å²) < 4.78 is 0. The lowest BCUT2D eigenvalue weighted by molar-refractivity contribution is -0.133. The van der Waals surface area contributed by atoms with Crippen LogP contribution in [0.5, 0.6) is 0 Å². The van der Waals surface area contributed by atoms with E-state index in [1.54, 1.807) is 0 Å². The molecule has 0 spiro atoms. The van der Waals surface area contributed by atoms with Crippen molar-refractivity contribution in [2.75, 3.05) is 13.1 Å². The Morgan fingerprint density at radius 3 is 2.26 bits per heavy atom. The molecule has 19 heavy (non-hydrogen) atoms. The van der Waals surface area contributed by atoms with E-state index in [0.29, 0.717) is 24.5 Å². The fourth-order valence-electron chi connectivity index (χ4n) is 3.04. The molecule has 1 aliphatic carbocycles. The molecule has 0 radical (unpaired) electrons. The van der Waals surface area contributed by atoms with Crippen molar-refractivity contribution >= 4 is 5.91 Å². The topological polar surface area (TPSA) is 32.3 Å². The van der Waals surface area contributed by atoms with Crippen LogP contribution in [0, 0.1) is 5.92 Å². The first kappa shape index (κ1) is 16.5. The number of nitrogens with one attached hydrogen (secondary N) is 1. The molecule has 1 amide bonds. The van der Waals surface area contributed by atoms with Crippen molar-refractivity contribution < 1.29 is 4.79 Å². The van der Waals surface area contributed by atoms with E-state index >= 15 is 0 Å². The van der Waals surface area contributed by atoms with Gasteiger partial charge in [0.2, 0.25) is 5.91 Å². The van der Waals surface area contributed by atoms with Gasteiger partial charge in [0.1, 0.15) is 0 Å². The quantitative estimate of drug-likeness (QED) is 0.733. The van der Waals surface area contributed by atoms with Crippen LogP contribution in [0.1, 0.15) is 66.2 Å². The highest BCUT2D eigenvalue weighted by molar-refractivity contribution is 5.78. The minimum absolute atomic E-state index is 0.286. The van der Waals surface area contributed by atoms with Gasteiger partial charge in [-0.3, -0.25) is 4.79 Å². The van der Waals surface area contributed by atoms with Crippen LogP contribution in [0.2, 0.25) is 0 Å². The molecule has 0 heterocycles. The predicted molar refractivity (Wildman–Crippen MR) is 81.2 cm³/mol. The molecule has 0 aromatic rings. The third kappa shape index (κ3) is 5.52. The molecule has 0 atom stereocenters. The highest BCUT2D eigenvalue weighted by Crippen LogP contribution is 2.18. The lowest BCUT2D eigenvalue weighted by Gasteiger charge is -2.32. The molecular formula is C16H32N2O. The summed E-state index contributed by atoms with van der Waals surface area (Å²) in [6.45, 7) is 10.1. The molecule has 112 valence electrons. The maximum Gasteiger partial charge on any atom is 0.236 e. The average molecular weight is 268 g/mol. The molecule has 1 N–H and O–H groups in total. The van der Waals surface area contributed by atoms with E-state index in [4.69, 9.17) is 0 Å². The lowest BCUT2D eigenvalue weighted by Crippen LogP contribution is -2.47. The van der Waals surface area contributed by atoms with Crippen molar-refractivity contribution in [1.82, 2.24) is 10.2 Å². The van der Waals surface area contributed by atoms with Gasteiger partial charge in [-0.25, -0.2) is 0 Å². The van der Waals surface area contributed by atoms with Gasteiger partial charge in [0.05, 0.1) is 6.54 Å². The Hall–Kier alpha value is -0.570. The second-order valence-electron chi connectivity index (χ2n) is 6.27. The van der Waals surface area contributed by atoms with Crippen LogP contribution in [0.15, 0.2) is 0 Å². The average Bonchev–Trinajstić information content (AvgIpc) is 2.88. The van der Waals surface area contributed by atoms with E-state index in [0.717, 1.165) is 19.4 Å². The summed E-state index contributed by atoms with van der Waals surface area (Å²) in [4.78, 5) is 14.6. The molecule has 1 fully saturated rings. The largest absolute Gasteiger partial charge is 0.338 e. The Morgan fingerprint density at radius 2 is 1.79 bits per heavy atom. The van der Waals surface area contributed by atoms with Gasteiger partial charge in [0.25, 0.3) is 0 Å². The van der Waals surface area contributed by atoms with Crippen LogP contribution in [-0.2, 0) is 4.79 Å². The van der Waals surface area contributed by atoms with Crippen LogP contribution in [0.25, 0.3) is 0 Å². The van der Waals surface area contributed by atoms with Gasteiger partial charge >= 0.3 is 0 Å². The molecule has 0 aromatic heterocycles. The normalized spacial score (nSPS) is 16.5. The lowest BCUT2D eigenvalue weighted by atomic mass is 10.1. The van der Waals surface area contributed by atoms with Crippen molar-refractivity contribution in [1.29, 1.82) is 0 Å². The monoisotopic (exact) mass is 268 g/mol. The second-order valence-corrected chi connectivity index (χ2v) is 6.27. The first-order valence-electron chi connectivity index (χ1n) is 8.11. The third-order valence-corrected chi connectivity index (χ3v) is 4.16. The fraction of sp³-hybridized carbons (Fsp3) is 0.938. The van der Waals surface area contributed by atoms with Crippen LogP contribution in [0.3, 0.4) is 0 Å². The van der Waals surface area contributed by atoms with E-state index in [9.17, 15) is 4.79 Å². The zero-order chi connectivity index (χ0) is 14.3. The Morgan fingerprint density at radius 1 is 1.21 bits per heavy atom. The molecule has 3 heteroatoms. The molecule has 0 aromatic carbocycles. The zero-order valence-electron chi connectivity index (χ0n) is 13.2. The summed E-state index contributed by atoms with van der Waals surface area (Å²) in [5.41, 5.74) is 0. The second kappa shape index (κ2) is 8.57. The van der Waals surface area contributed by atoms with Gasteiger partial charge in [-0.15, -0.1) is 0 Å². The molecular weight excluding hydrogens is 236 g/mol. The number of hydrogen-bond acceptors (Lipinski definition) is 2. The van der Waals surface area contributed by atoms with E-state index < -0.39 is 0 Å². The van der Waals surface area contributed by atoms with Crippen molar-refractivity contribution in [3.63, 3.8) is 0 Å². The van der Waals surface area contributed by atoms with Gasteiger partial charge in [-0.2, -0.15) is 0 Å². The van der Waals surface area contributed by atoms with Crippen molar-refractivity contribution in [3.05, 3.63) is 0 Å². The first-order valence-corrected chi connectivity index (χ1v) is 8.11. The van der Waals surface area contributed by atoms with Crippen LogP contribution >= 0.6 is 0 Å². The molecule has 0 saturated heterocycles. The summed E-state index contributed by atoms with van der Waals surface area (Å²) >= 11 is 0. The zero-order valence-corrected chi connectivity index (χ0v) is 13.2. The van der Waals surface area contributed by atoms with Gasteiger partial charge in [-0.1, -0.05) is 40.5 Å². The van der Waals surface area contributed by atoms with Gasteiger partial charge in [0.15, 0.2) is 0 Å². The number of carbonyl (C=O) groups excluding carboxylic acids is 1. The Bertz CT molecular complexity index is 255. The SMILES string of the molecule is CCC(CC)N(CC(C)C)C(=O)CNC1CCCC1. The van der Waals surface area contributed by atoms with Gasteiger partial charge < -0.3 is 10.2 Å². The van der Waals surface area contributed by atoms with E-state index in [1.165, 1.54) is 25.7 Å². The van der Waals surface area contributed by atoms with E-state index in [2.05, 4.69) is 37.9 Å². The maximum atomic E-state index is 12.5. The number of rotatable bonds is 8. The van der Waals surface area contributed by atoms with Crippen LogP contribution in [0.4, 0.5) is 0 Å². The highest BCUT2D eigenvalue weighted by atomic mass is 16.2. The number of hydrogen-bond donors (Lipinski definition) is 1. The van der Waals surface area contributed by atoms with Gasteiger partial charge in [-0.05, 0) is 31.6 Å². The minimum atomic E-state index is 0.286. The van der Waals surface area contributed by atoms with Crippen molar-refractivity contribution in [2.45, 2.75) is 78.3 Å². The first-order chi connectivity index (χ1) is 9.08. The molecule has 1 rings (SSSR count). The van der Waals surface area contributed by atoms with E-state index in [-0.39, 0.29) is 5.91 Å². The van der Waals surface area contributed by atoms with Crippen LogP contribution in [-0.4, -0.2) is 36.0 Å². The van der Waals surface area contributed by atoms with Gasteiger partial charge in [0, 0.05) is 18.6 Å². The summed E-state index contributed by atoms with van der Waals surface area (Å²) in [6.07, 6.45) is 7.21. The van der Waals surface area contributed by atoms with E-state index in [1.807, 2.05) is 0 Å². The summed E-state index contributed by atoms with van der Waals surface area (Å²) in [6, 6.07) is 0.979. The Labute approximate surface area is 119 Å². The molecule has 0 bridgehead atoms. The van der Waals surface area contributed by atoms with Crippen LogP contribution < -0.4 is 5.32 Å². The predicted octanol–water partition coefficient (Wildman–Crippen LogP) is 3.19. The Kier molecular flexibility index (Phi) is 7.44. The number of nitrogens with zero attached hydrogens (tertiary/aromatic N) is 1. The molecule has 1 aliphatic rings. The van der Waals surface area contributed by atoms with Crippen molar-refractivity contribution in [2.24, 2.45) is 5.92 Å². The fourth-order valence-corrected chi connectivity index (χ4v) is 3.04. The molecule has 1 saturated carbocycles. The highest BCUT2D eigenvalue weighted by Gasteiger charge is 2.23. The molecule has 3 nitrogen and oxygen atoms in total. The minimum Gasteiger partial charge on any atom is -0.338 e. The summed E-state index contributed by atoms with van der Waals surface area (Å²) in [5.74, 6) is 0.824. The smallest absolute Gasteiger partial charge is 0.236 e. The number of amides is 1. The molecule has 0 aliphatic heterocycles. The Balaban J connectivity index is 2.49. The standard InChI is InChI=1S/C16H32N2O/c1-5-15(6-2)18(12-13(3)4)16(19)11-17-14-9-7-8-10-14/h13-15,17H,5-12H2,1-4H3. The molecule has 0 unspecified atom stereocenters. The third-order valence-electron chi connectivity index (χ3n) is 4.16. The van der Waals surface area contributed by atoms with Crippen molar-refractivity contribution in [3.8, 4) is 0 Å².